The number of nitrogens with one attached hydrogen (secondary N) is 2. The van der Waals surface area contributed by atoms with Crippen molar-refractivity contribution in [1.82, 2.24) is 0 Å². The highest BCUT2D eigenvalue weighted by atomic mass is 32.2. The fourth-order valence-electron chi connectivity index (χ4n) is 2.38. The summed E-state index contributed by atoms with van der Waals surface area (Å²) in [5, 5.41) is 4.69. The molecule has 0 saturated heterocycles. The number of anilines is 2. The summed E-state index contributed by atoms with van der Waals surface area (Å²) < 4.78 is 42.2. The first kappa shape index (κ1) is 23.0. The van der Waals surface area contributed by atoms with Gasteiger partial charge in [0.05, 0.1) is 11.7 Å². The zero-order chi connectivity index (χ0) is 22.3. The molecule has 2 rings (SSSR count). The predicted molar refractivity (Wildman–Crippen MR) is 109 cm³/mol. The summed E-state index contributed by atoms with van der Waals surface area (Å²) in [7, 11) is -4.06. The fraction of sp³-hybridized carbons (Fsp3) is 0.250. The van der Waals surface area contributed by atoms with E-state index in [1.165, 1.54) is 36.4 Å². The minimum Gasteiger partial charge on any atom is -0.459 e. The molecule has 10 heteroatoms. The number of amides is 2. The van der Waals surface area contributed by atoms with Gasteiger partial charge in [-0.25, -0.2) is 17.6 Å². The van der Waals surface area contributed by atoms with Crippen LogP contribution in [-0.2, 0) is 24.2 Å². The van der Waals surface area contributed by atoms with E-state index in [-0.39, 0.29) is 23.0 Å². The number of hydrogen-bond donors (Lipinski definition) is 2. The van der Waals surface area contributed by atoms with Crippen LogP contribution in [0.3, 0.4) is 0 Å². The van der Waals surface area contributed by atoms with Crippen molar-refractivity contribution in [2.24, 2.45) is 0 Å². The highest BCUT2D eigenvalue weighted by molar-refractivity contribution is 7.92. The van der Waals surface area contributed by atoms with E-state index in [1.54, 1.807) is 13.8 Å². The van der Waals surface area contributed by atoms with Crippen molar-refractivity contribution in [3.63, 3.8) is 0 Å². The number of esters is 1. The lowest BCUT2D eigenvalue weighted by Crippen LogP contribution is -2.30. The molecule has 0 aliphatic heterocycles. The molecule has 0 aromatic heterocycles. The molecule has 0 unspecified atom stereocenters. The van der Waals surface area contributed by atoms with E-state index in [0.29, 0.717) is 0 Å². The van der Waals surface area contributed by atoms with E-state index in [1.807, 2.05) is 0 Å². The van der Waals surface area contributed by atoms with Gasteiger partial charge >= 0.3 is 5.97 Å². The molecule has 0 atom stereocenters. The largest absolute Gasteiger partial charge is 0.459 e. The number of sulfone groups is 1. The van der Waals surface area contributed by atoms with Crippen molar-refractivity contribution >= 4 is 39.0 Å². The summed E-state index contributed by atoms with van der Waals surface area (Å²) in [6.45, 7) is 3.39. The lowest BCUT2D eigenvalue weighted by Gasteiger charge is -2.10. The second kappa shape index (κ2) is 9.97. The molecule has 0 aliphatic carbocycles. The molecule has 0 heterocycles. The zero-order valence-electron chi connectivity index (χ0n) is 16.3. The predicted octanol–water partition coefficient (Wildman–Crippen LogP) is 2.38. The van der Waals surface area contributed by atoms with Gasteiger partial charge in [-0.15, -0.1) is 0 Å². The third-order valence-corrected chi connectivity index (χ3v) is 4.96. The van der Waals surface area contributed by atoms with Crippen LogP contribution >= 0.6 is 0 Å². The van der Waals surface area contributed by atoms with Crippen LogP contribution in [0.2, 0.25) is 0 Å². The van der Waals surface area contributed by atoms with Gasteiger partial charge in [-0.3, -0.25) is 9.59 Å². The Balaban J connectivity index is 1.93. The van der Waals surface area contributed by atoms with Crippen molar-refractivity contribution in [3.8, 4) is 0 Å². The number of carbonyl (C=O) groups excluding carboxylic acids is 3. The maximum atomic E-state index is 12.9. The number of ether oxygens (including phenoxy) is 1. The molecule has 0 spiro atoms. The van der Waals surface area contributed by atoms with Crippen LogP contribution in [-0.4, -0.2) is 43.8 Å². The number of carbonyl (C=O) groups is 3. The topological polar surface area (TPSA) is 119 Å². The van der Waals surface area contributed by atoms with Crippen molar-refractivity contribution in [2.45, 2.75) is 20.0 Å². The van der Waals surface area contributed by atoms with Gasteiger partial charge in [0, 0.05) is 11.4 Å². The van der Waals surface area contributed by atoms with E-state index < -0.39 is 44.9 Å². The molecule has 0 radical (unpaired) electrons. The quantitative estimate of drug-likeness (QED) is 0.614. The lowest BCUT2D eigenvalue weighted by molar-refractivity contribution is -0.114. The van der Waals surface area contributed by atoms with Crippen LogP contribution < -0.4 is 10.6 Å². The molecule has 8 nitrogen and oxygen atoms in total. The zero-order valence-corrected chi connectivity index (χ0v) is 17.2. The summed E-state index contributed by atoms with van der Waals surface area (Å²) in [5.74, 6) is -4.64. The molecular weight excluding hydrogens is 415 g/mol. The standard InChI is InChI=1S/C20H21FN2O6S/c1-13(2)29-20(26)14-4-3-5-17(10-14)23-19(25)12-30(27,28)11-18(24)22-16-8-6-15(21)7-9-16/h3-10,13H,11-12H2,1-2H3,(H,22,24)(H,23,25). The summed E-state index contributed by atoms with van der Waals surface area (Å²) in [6.07, 6.45) is -0.318. The highest BCUT2D eigenvalue weighted by Gasteiger charge is 2.21. The van der Waals surface area contributed by atoms with Gasteiger partial charge in [0.1, 0.15) is 17.3 Å². The molecule has 30 heavy (non-hydrogen) atoms. The molecular formula is C20H21FN2O6S. The van der Waals surface area contributed by atoms with E-state index >= 15 is 0 Å². The maximum Gasteiger partial charge on any atom is 0.338 e. The average Bonchev–Trinajstić information content (AvgIpc) is 2.62. The van der Waals surface area contributed by atoms with Crippen molar-refractivity contribution in [1.29, 1.82) is 0 Å². The molecule has 0 fully saturated rings. The Labute approximate surface area is 173 Å². The molecule has 2 amide bonds. The second-order valence-electron chi connectivity index (χ2n) is 6.67. The van der Waals surface area contributed by atoms with Gasteiger partial charge in [-0.05, 0) is 56.3 Å². The molecule has 160 valence electrons. The molecule has 0 aliphatic rings. The minimum absolute atomic E-state index is 0.197. The number of benzene rings is 2. The summed E-state index contributed by atoms with van der Waals surface area (Å²) in [5.41, 5.74) is 0.637. The first-order chi connectivity index (χ1) is 14.0. The molecule has 2 aromatic carbocycles. The Hall–Kier alpha value is -3.27. The van der Waals surface area contributed by atoms with Gasteiger partial charge < -0.3 is 15.4 Å². The van der Waals surface area contributed by atoms with Gasteiger partial charge in [0.25, 0.3) is 0 Å². The lowest BCUT2D eigenvalue weighted by atomic mass is 10.2. The molecule has 0 bridgehead atoms. The van der Waals surface area contributed by atoms with E-state index in [2.05, 4.69) is 10.6 Å². The van der Waals surface area contributed by atoms with Crippen molar-refractivity contribution < 1.29 is 31.9 Å². The highest BCUT2D eigenvalue weighted by Crippen LogP contribution is 2.13. The van der Waals surface area contributed by atoms with Crippen molar-refractivity contribution in [2.75, 3.05) is 22.1 Å². The Bertz CT molecular complexity index is 1040. The normalized spacial score (nSPS) is 11.1. The Morgan fingerprint density at radius 3 is 2.07 bits per heavy atom. The van der Waals surface area contributed by atoms with Crippen molar-refractivity contribution in [3.05, 3.63) is 59.9 Å². The summed E-state index contributed by atoms with van der Waals surface area (Å²) in [6, 6.07) is 10.6. The van der Waals surface area contributed by atoms with E-state index in [4.69, 9.17) is 4.74 Å². The first-order valence-electron chi connectivity index (χ1n) is 8.91. The van der Waals surface area contributed by atoms with Crippen LogP contribution in [0.25, 0.3) is 0 Å². The number of hydrogen-bond acceptors (Lipinski definition) is 6. The average molecular weight is 436 g/mol. The van der Waals surface area contributed by atoms with Crippen LogP contribution in [0, 0.1) is 5.82 Å². The van der Waals surface area contributed by atoms with Gasteiger partial charge in [0.15, 0.2) is 9.84 Å². The van der Waals surface area contributed by atoms with E-state index in [0.717, 1.165) is 12.1 Å². The smallest absolute Gasteiger partial charge is 0.338 e. The third kappa shape index (κ3) is 7.63. The van der Waals surface area contributed by atoms with Crippen LogP contribution in [0.1, 0.15) is 24.2 Å². The molecule has 2 N–H and O–H groups in total. The summed E-state index contributed by atoms with van der Waals surface area (Å²) in [4.78, 5) is 35.9. The Morgan fingerprint density at radius 2 is 1.50 bits per heavy atom. The Kier molecular flexibility index (Phi) is 7.65. The molecule has 0 saturated carbocycles. The van der Waals surface area contributed by atoms with Gasteiger partial charge in [-0.1, -0.05) is 6.07 Å². The number of halogens is 1. The fourth-order valence-corrected chi connectivity index (χ4v) is 3.43. The molecule has 2 aromatic rings. The monoisotopic (exact) mass is 436 g/mol. The second-order valence-corrected chi connectivity index (χ2v) is 8.73. The van der Waals surface area contributed by atoms with Crippen LogP contribution in [0.5, 0.6) is 0 Å². The Morgan fingerprint density at radius 1 is 0.933 bits per heavy atom. The van der Waals surface area contributed by atoms with Crippen LogP contribution in [0.15, 0.2) is 48.5 Å². The van der Waals surface area contributed by atoms with Gasteiger partial charge in [-0.2, -0.15) is 0 Å². The summed E-state index contributed by atoms with van der Waals surface area (Å²) >= 11 is 0. The SMILES string of the molecule is CC(C)OC(=O)c1cccc(NC(=O)CS(=O)(=O)CC(=O)Nc2ccc(F)cc2)c1. The maximum absolute atomic E-state index is 12.9. The van der Waals surface area contributed by atoms with Gasteiger partial charge in [0.2, 0.25) is 11.8 Å². The minimum atomic E-state index is -4.06. The van der Waals surface area contributed by atoms with Crippen LogP contribution in [0.4, 0.5) is 15.8 Å². The third-order valence-electron chi connectivity index (χ3n) is 3.55. The number of rotatable bonds is 8. The first-order valence-corrected chi connectivity index (χ1v) is 10.7. The van der Waals surface area contributed by atoms with E-state index in [9.17, 15) is 27.2 Å².